The van der Waals surface area contributed by atoms with Crippen molar-refractivity contribution < 1.29 is 0 Å². The molecule has 0 saturated heterocycles. The van der Waals surface area contributed by atoms with Crippen molar-refractivity contribution in [1.82, 2.24) is 0 Å². The molecule has 0 N–H and O–H groups in total. The van der Waals surface area contributed by atoms with Crippen LogP contribution in [-0.4, -0.2) is 0 Å². The Hall–Kier alpha value is -14.3. The number of hydrogen-bond acceptors (Lipinski definition) is 4. The second-order valence-corrected chi connectivity index (χ2v) is 34.9. The Bertz CT molecular complexity index is 6760. The molecule has 0 fully saturated rings. The lowest BCUT2D eigenvalue weighted by atomic mass is 9.86. The van der Waals surface area contributed by atoms with E-state index < -0.39 is 0 Å². The molecule has 0 spiro atoms. The summed E-state index contributed by atoms with van der Waals surface area (Å²) in [6, 6.07) is 154. The van der Waals surface area contributed by atoms with Gasteiger partial charge in [-0.25, -0.2) is 0 Å². The minimum atomic E-state index is 1.05. The molecule has 630 valence electrons. The second-order valence-electron chi connectivity index (χ2n) is 34.9. The van der Waals surface area contributed by atoms with Gasteiger partial charge in [0.15, 0.2) is 0 Å². The van der Waals surface area contributed by atoms with E-state index in [-0.39, 0.29) is 0 Å². The number of nitrogens with zero attached hydrogens (tertiary/aromatic N) is 4. The highest BCUT2D eigenvalue weighted by Crippen LogP contribution is 2.47. The molecule has 4 heteroatoms. The normalized spacial score (nSPS) is 11.3. The minimum Gasteiger partial charge on any atom is -0.311 e. The van der Waals surface area contributed by atoms with Gasteiger partial charge < -0.3 is 19.6 Å². The third-order valence-electron chi connectivity index (χ3n) is 25.8. The fraction of sp³-hybridized carbons (Fsp3) is 0.161. The zero-order valence-electron chi connectivity index (χ0n) is 74.9. The summed E-state index contributed by atoms with van der Waals surface area (Å²) in [6.07, 6.45) is 17.4. The van der Waals surface area contributed by atoms with Gasteiger partial charge in [-0.1, -0.05) is 344 Å². The fourth-order valence-corrected chi connectivity index (χ4v) is 18.7. The van der Waals surface area contributed by atoms with Crippen molar-refractivity contribution >= 4 is 89.8 Å². The SMILES string of the molecule is CCCCCCCCc1cccc(N(c2ccc(-c3ccc(C)cc3)cc2)c2cccc(-c3ccc4ccc(C)c(-c5c(C)ccc6ccc(-c7cccc(N(c8ccc(-c9ccc(-c%10ccc(N(c%11ccccc%11)c%11ccc(-c%12ccc(N(c%13ccccc%13)c%13ccc(C)cc%13)cc%12)cc%11)cc%10)cc9)cc8)c8cccc(CCCCCCCC)c8)c7)cc56)c4c3)c2)c1. The maximum absolute atomic E-state index is 2.46. The maximum atomic E-state index is 2.46. The summed E-state index contributed by atoms with van der Waals surface area (Å²) in [5, 5.41) is 4.93. The Balaban J connectivity index is 0.619. The van der Waals surface area contributed by atoms with Crippen LogP contribution in [0.4, 0.5) is 68.2 Å². The number of para-hydroxylation sites is 2. The molecule has 0 bridgehead atoms. The summed E-state index contributed by atoms with van der Waals surface area (Å²) in [5.41, 5.74) is 37.9. The van der Waals surface area contributed by atoms with Gasteiger partial charge in [-0.3, -0.25) is 0 Å². The molecule has 0 heterocycles. The first-order chi connectivity index (χ1) is 63.0. The van der Waals surface area contributed by atoms with Gasteiger partial charge in [0.05, 0.1) is 0 Å². The van der Waals surface area contributed by atoms with Crippen LogP contribution in [0.1, 0.15) is 124 Å². The maximum Gasteiger partial charge on any atom is 0.0467 e. The number of benzene rings is 18. The van der Waals surface area contributed by atoms with E-state index in [2.05, 4.69) is 474 Å². The van der Waals surface area contributed by atoms with E-state index in [1.165, 1.54) is 193 Å². The van der Waals surface area contributed by atoms with Crippen LogP contribution in [0.2, 0.25) is 0 Å². The van der Waals surface area contributed by atoms with E-state index in [1.807, 2.05) is 0 Å². The van der Waals surface area contributed by atoms with Gasteiger partial charge in [0, 0.05) is 68.2 Å². The van der Waals surface area contributed by atoms with Crippen molar-refractivity contribution in [2.75, 3.05) is 19.6 Å². The summed E-state index contributed by atoms with van der Waals surface area (Å²) < 4.78 is 0. The average molecular weight is 1660 g/mol. The van der Waals surface area contributed by atoms with Crippen LogP contribution in [0.5, 0.6) is 0 Å². The van der Waals surface area contributed by atoms with Crippen molar-refractivity contribution in [2.24, 2.45) is 0 Å². The summed E-state index contributed by atoms with van der Waals surface area (Å²) in [4.78, 5) is 9.58. The van der Waals surface area contributed by atoms with Gasteiger partial charge in [-0.2, -0.15) is 0 Å². The van der Waals surface area contributed by atoms with Crippen molar-refractivity contribution in [3.63, 3.8) is 0 Å². The van der Waals surface area contributed by atoms with Crippen molar-refractivity contribution in [2.45, 2.75) is 131 Å². The van der Waals surface area contributed by atoms with Crippen LogP contribution in [0, 0.1) is 27.7 Å². The van der Waals surface area contributed by atoms with Crippen LogP contribution >= 0.6 is 0 Å². The topological polar surface area (TPSA) is 13.0 Å². The van der Waals surface area contributed by atoms with Gasteiger partial charge in [0.25, 0.3) is 0 Å². The lowest BCUT2D eigenvalue weighted by molar-refractivity contribution is 0.607. The van der Waals surface area contributed by atoms with E-state index in [9.17, 15) is 0 Å². The molecule has 0 unspecified atom stereocenters. The summed E-state index contributed by atoms with van der Waals surface area (Å²) in [5.74, 6) is 0. The lowest BCUT2D eigenvalue weighted by Gasteiger charge is -2.27. The Kier molecular flexibility index (Phi) is 26.3. The summed E-state index contributed by atoms with van der Waals surface area (Å²) in [7, 11) is 0. The molecule has 0 aliphatic rings. The molecule has 0 aromatic heterocycles. The molecular weight excluding hydrogens is 1550 g/mol. The monoisotopic (exact) mass is 1660 g/mol. The van der Waals surface area contributed by atoms with Crippen molar-refractivity contribution in [3.8, 4) is 77.9 Å². The molecule has 0 atom stereocenters. The fourth-order valence-electron chi connectivity index (χ4n) is 18.7. The highest BCUT2D eigenvalue weighted by Gasteiger charge is 2.23. The van der Waals surface area contributed by atoms with Crippen molar-refractivity contribution in [3.05, 3.63) is 446 Å². The van der Waals surface area contributed by atoms with Crippen LogP contribution in [0.25, 0.3) is 99.4 Å². The standard InChI is InChI=1S/C124H114N4/c1-7-9-11-13-15-19-29-93-31-25-39-117(83-93)127(115-79-67-98(68-80-115)95-49-43-89(3)44-50-95)119-41-27-33-105(85-119)107-59-57-103-51-47-91(5)123(121(103)87-107)124-92(6)48-52-104-58-60-108(88-122(104)124)106-34-28-42-120(86-106)128(118-40-26-32-94(84-118)30-20-16-14-12-10-8-2)116-81-69-100(70-82-116)97-55-53-96(54-56-97)99-61-73-113(74-62-99)126(110-37-23-18-24-38-110)114-77-65-102(66-78-114)101-63-75-112(76-64-101)125(109-35-21-17-22-36-109)111-71-45-90(4)46-72-111/h17-18,21-28,31-88H,7-16,19-20,29-30H2,1-6H3. The van der Waals surface area contributed by atoms with Crippen molar-refractivity contribution in [1.29, 1.82) is 0 Å². The molecule has 18 aromatic rings. The smallest absolute Gasteiger partial charge is 0.0467 e. The van der Waals surface area contributed by atoms with Gasteiger partial charge in [-0.15, -0.1) is 0 Å². The van der Waals surface area contributed by atoms with Crippen LogP contribution < -0.4 is 19.6 Å². The van der Waals surface area contributed by atoms with Crippen LogP contribution in [0.3, 0.4) is 0 Å². The third kappa shape index (κ3) is 19.4. The quantitative estimate of drug-likeness (QED) is 0.0380. The first-order valence-electron chi connectivity index (χ1n) is 46.5. The average Bonchev–Trinajstić information content (AvgIpc) is 0.744. The van der Waals surface area contributed by atoms with Gasteiger partial charge in [-0.05, 0) is 333 Å². The second kappa shape index (κ2) is 39.9. The molecule has 0 aliphatic carbocycles. The van der Waals surface area contributed by atoms with Crippen LogP contribution in [-0.2, 0) is 12.8 Å². The zero-order chi connectivity index (χ0) is 87.1. The molecule has 18 rings (SSSR count). The van der Waals surface area contributed by atoms with Gasteiger partial charge in [0.1, 0.15) is 0 Å². The number of aryl methyl sites for hydroxylation is 6. The Morgan fingerprint density at radius 1 is 0.172 bits per heavy atom. The molecular formula is C124H114N4. The number of anilines is 12. The number of rotatable bonds is 33. The third-order valence-corrected chi connectivity index (χ3v) is 25.8. The predicted molar refractivity (Wildman–Crippen MR) is 551 cm³/mol. The number of hydrogen-bond donors (Lipinski definition) is 0. The van der Waals surface area contributed by atoms with Crippen LogP contribution in [0.15, 0.2) is 413 Å². The highest BCUT2D eigenvalue weighted by molar-refractivity contribution is 6.10. The molecule has 18 aromatic carbocycles. The molecule has 4 nitrogen and oxygen atoms in total. The molecule has 0 amide bonds. The summed E-state index contributed by atoms with van der Waals surface area (Å²) in [6.45, 7) is 13.5. The molecule has 128 heavy (non-hydrogen) atoms. The van der Waals surface area contributed by atoms with E-state index in [0.717, 1.165) is 97.7 Å². The Labute approximate surface area is 759 Å². The Morgan fingerprint density at radius 3 is 0.742 bits per heavy atom. The van der Waals surface area contributed by atoms with E-state index >= 15 is 0 Å². The van der Waals surface area contributed by atoms with E-state index in [4.69, 9.17) is 0 Å². The van der Waals surface area contributed by atoms with Gasteiger partial charge in [0.2, 0.25) is 0 Å². The summed E-state index contributed by atoms with van der Waals surface area (Å²) >= 11 is 0. The predicted octanol–water partition coefficient (Wildman–Crippen LogP) is 36.6. The van der Waals surface area contributed by atoms with E-state index in [1.54, 1.807) is 0 Å². The van der Waals surface area contributed by atoms with E-state index in [0.29, 0.717) is 0 Å². The largest absolute Gasteiger partial charge is 0.311 e. The molecule has 0 saturated carbocycles. The first kappa shape index (κ1) is 84.5. The number of unbranched alkanes of at least 4 members (excludes halogenated alkanes) is 10. The highest BCUT2D eigenvalue weighted by atomic mass is 15.2. The van der Waals surface area contributed by atoms with Gasteiger partial charge >= 0.3 is 0 Å². The minimum absolute atomic E-state index is 1.05. The first-order valence-corrected chi connectivity index (χ1v) is 46.5. The molecule has 0 radical (unpaired) electrons. The zero-order valence-corrected chi connectivity index (χ0v) is 74.9. The molecule has 0 aliphatic heterocycles. The lowest BCUT2D eigenvalue weighted by Crippen LogP contribution is -2.10. The Morgan fingerprint density at radius 2 is 0.406 bits per heavy atom. The number of fused-ring (bicyclic) bond motifs is 2.